The highest BCUT2D eigenvalue weighted by atomic mass is 16.6. The maximum absolute atomic E-state index is 12.6. The van der Waals surface area contributed by atoms with Crippen molar-refractivity contribution in [3.05, 3.63) is 83.9 Å². The Kier molecular flexibility index (Phi) is 7.46. The minimum Gasteiger partial charge on any atom is -0.459 e. The van der Waals surface area contributed by atoms with Crippen molar-refractivity contribution < 1.29 is 19.1 Å². The van der Waals surface area contributed by atoms with Crippen LogP contribution >= 0.6 is 0 Å². The number of hydrogen-bond acceptors (Lipinski definition) is 7. The van der Waals surface area contributed by atoms with E-state index in [0.717, 1.165) is 5.56 Å². The predicted octanol–water partition coefficient (Wildman–Crippen LogP) is 4.29. The van der Waals surface area contributed by atoms with Gasteiger partial charge < -0.3 is 14.4 Å². The predicted molar refractivity (Wildman–Crippen MR) is 122 cm³/mol. The average molecular weight is 447 g/mol. The quantitative estimate of drug-likeness (QED) is 0.500. The molecule has 0 radical (unpaired) electrons. The Labute approximate surface area is 193 Å². The number of carbonyl (C=O) groups is 2. The van der Waals surface area contributed by atoms with Gasteiger partial charge in [-0.3, -0.25) is 4.79 Å². The summed E-state index contributed by atoms with van der Waals surface area (Å²) in [7, 11) is 0. The second-order valence-corrected chi connectivity index (χ2v) is 8.42. The number of ether oxygens (including phenoxy) is 2. The minimum absolute atomic E-state index is 0.0546. The van der Waals surface area contributed by atoms with Gasteiger partial charge in [0, 0.05) is 11.9 Å². The van der Waals surface area contributed by atoms with E-state index < -0.39 is 17.7 Å². The molecule has 0 spiro atoms. The third-order valence-corrected chi connectivity index (χ3v) is 4.50. The van der Waals surface area contributed by atoms with Crippen LogP contribution in [0.25, 0.3) is 0 Å². The first kappa shape index (κ1) is 23.5. The number of imidazole rings is 1. The van der Waals surface area contributed by atoms with E-state index >= 15 is 0 Å². The van der Waals surface area contributed by atoms with Crippen molar-refractivity contribution in [2.75, 3.05) is 11.4 Å². The molecule has 0 N–H and O–H groups in total. The van der Waals surface area contributed by atoms with Crippen molar-refractivity contribution in [3.8, 4) is 6.07 Å². The van der Waals surface area contributed by atoms with Crippen molar-refractivity contribution in [2.45, 2.75) is 39.5 Å². The van der Waals surface area contributed by atoms with Crippen molar-refractivity contribution in [2.24, 2.45) is 0 Å². The van der Waals surface area contributed by atoms with Gasteiger partial charge in [-0.15, -0.1) is 0 Å². The number of nitrogens with zero attached hydrogens (tertiary/aromatic N) is 4. The number of rotatable bonds is 7. The third-order valence-electron chi connectivity index (χ3n) is 4.50. The van der Waals surface area contributed by atoms with E-state index in [0.29, 0.717) is 16.9 Å². The van der Waals surface area contributed by atoms with Gasteiger partial charge in [0.1, 0.15) is 25.1 Å². The highest BCUT2D eigenvalue weighted by molar-refractivity contribution is 5.76. The Morgan fingerprint density at radius 3 is 2.58 bits per heavy atom. The van der Waals surface area contributed by atoms with Gasteiger partial charge in [-0.1, -0.05) is 36.4 Å². The van der Waals surface area contributed by atoms with Gasteiger partial charge in [0.15, 0.2) is 0 Å². The molecule has 8 heteroatoms. The first-order valence-electron chi connectivity index (χ1n) is 10.4. The molecule has 3 aromatic rings. The lowest BCUT2D eigenvalue weighted by molar-refractivity contribution is -0.143. The van der Waals surface area contributed by atoms with Crippen molar-refractivity contribution in [3.63, 3.8) is 0 Å². The fraction of sp³-hybridized carbons (Fsp3) is 0.280. The molecule has 0 amide bonds. The summed E-state index contributed by atoms with van der Waals surface area (Å²) < 4.78 is 12.0. The SMILES string of the molecule is CC(C)(C)OC(=O)n1cnc(CN(CC(=O)OCc2ccccc2)c2cccc(C#N)c2)c1. The Morgan fingerprint density at radius 2 is 1.88 bits per heavy atom. The van der Waals surface area contributed by atoms with Crippen molar-refractivity contribution in [1.82, 2.24) is 9.55 Å². The normalized spacial score (nSPS) is 10.8. The van der Waals surface area contributed by atoms with E-state index in [1.165, 1.54) is 10.9 Å². The molecule has 0 aliphatic carbocycles. The van der Waals surface area contributed by atoms with Crippen LogP contribution in [0.4, 0.5) is 10.5 Å². The summed E-state index contributed by atoms with van der Waals surface area (Å²) in [5, 5.41) is 9.26. The molecule has 3 rings (SSSR count). The molecule has 0 fully saturated rings. The van der Waals surface area contributed by atoms with Crippen molar-refractivity contribution >= 4 is 17.7 Å². The summed E-state index contributed by atoms with van der Waals surface area (Å²) in [6, 6.07) is 18.4. The fourth-order valence-corrected chi connectivity index (χ4v) is 3.01. The van der Waals surface area contributed by atoms with Gasteiger partial charge in [0.05, 0.1) is 23.9 Å². The zero-order chi connectivity index (χ0) is 23.8. The molecule has 1 aromatic heterocycles. The van der Waals surface area contributed by atoms with Gasteiger partial charge in [-0.25, -0.2) is 14.3 Å². The van der Waals surface area contributed by atoms with Crippen LogP contribution < -0.4 is 4.90 Å². The molecule has 0 saturated heterocycles. The van der Waals surface area contributed by atoms with Gasteiger partial charge in [-0.2, -0.15) is 5.26 Å². The molecule has 33 heavy (non-hydrogen) atoms. The Morgan fingerprint density at radius 1 is 1.12 bits per heavy atom. The van der Waals surface area contributed by atoms with Crippen LogP contribution in [0.15, 0.2) is 67.1 Å². The van der Waals surface area contributed by atoms with E-state index in [9.17, 15) is 14.9 Å². The lowest BCUT2D eigenvalue weighted by atomic mass is 10.2. The van der Waals surface area contributed by atoms with Gasteiger partial charge in [0.25, 0.3) is 0 Å². The second-order valence-electron chi connectivity index (χ2n) is 8.42. The number of nitriles is 1. The van der Waals surface area contributed by atoms with E-state index in [-0.39, 0.29) is 19.7 Å². The summed E-state index contributed by atoms with van der Waals surface area (Å²) in [4.78, 5) is 30.9. The fourth-order valence-electron chi connectivity index (χ4n) is 3.01. The van der Waals surface area contributed by atoms with E-state index in [1.807, 2.05) is 30.3 Å². The molecule has 1 heterocycles. The highest BCUT2D eigenvalue weighted by Crippen LogP contribution is 2.19. The topological polar surface area (TPSA) is 97.5 Å². The average Bonchev–Trinajstić information content (AvgIpc) is 3.26. The smallest absolute Gasteiger partial charge is 0.419 e. The van der Waals surface area contributed by atoms with E-state index in [2.05, 4.69) is 11.1 Å². The number of esters is 1. The molecule has 0 aliphatic rings. The number of carbonyl (C=O) groups excluding carboxylic acids is 2. The first-order valence-corrected chi connectivity index (χ1v) is 10.4. The molecule has 0 saturated carbocycles. The molecular weight excluding hydrogens is 420 g/mol. The maximum Gasteiger partial charge on any atom is 0.419 e. The van der Waals surface area contributed by atoms with Crippen LogP contribution in [0.1, 0.15) is 37.6 Å². The number of benzene rings is 2. The van der Waals surface area contributed by atoms with Gasteiger partial charge in [0.2, 0.25) is 0 Å². The number of anilines is 1. The maximum atomic E-state index is 12.6. The summed E-state index contributed by atoms with van der Waals surface area (Å²) in [6.07, 6.45) is 2.40. The summed E-state index contributed by atoms with van der Waals surface area (Å²) >= 11 is 0. The van der Waals surface area contributed by atoms with Crippen molar-refractivity contribution in [1.29, 1.82) is 5.26 Å². The minimum atomic E-state index is -0.631. The lowest BCUT2D eigenvalue weighted by Gasteiger charge is -2.23. The van der Waals surface area contributed by atoms with Crippen LogP contribution in [-0.4, -0.2) is 33.8 Å². The van der Waals surface area contributed by atoms with Crippen LogP contribution in [0.5, 0.6) is 0 Å². The largest absolute Gasteiger partial charge is 0.459 e. The van der Waals surface area contributed by atoms with Gasteiger partial charge >= 0.3 is 12.1 Å². The summed E-state index contributed by atoms with van der Waals surface area (Å²) in [6.45, 7) is 5.69. The zero-order valence-corrected chi connectivity index (χ0v) is 18.9. The lowest BCUT2D eigenvalue weighted by Crippen LogP contribution is -2.31. The first-order chi connectivity index (χ1) is 15.7. The molecule has 8 nitrogen and oxygen atoms in total. The molecule has 170 valence electrons. The van der Waals surface area contributed by atoms with E-state index in [1.54, 1.807) is 56.1 Å². The molecule has 0 atom stereocenters. The second kappa shape index (κ2) is 10.5. The highest BCUT2D eigenvalue weighted by Gasteiger charge is 2.20. The Hall–Kier alpha value is -4.12. The van der Waals surface area contributed by atoms with Crippen LogP contribution in [0.3, 0.4) is 0 Å². The molecule has 0 unspecified atom stereocenters. The van der Waals surface area contributed by atoms with Crippen LogP contribution in [0, 0.1) is 11.3 Å². The number of aromatic nitrogens is 2. The number of hydrogen-bond donors (Lipinski definition) is 0. The Bertz CT molecular complexity index is 1140. The third kappa shape index (κ3) is 7.21. The Balaban J connectivity index is 1.74. The molecule has 0 bridgehead atoms. The molecule has 0 aliphatic heterocycles. The molecule has 2 aromatic carbocycles. The zero-order valence-electron chi connectivity index (χ0n) is 18.9. The summed E-state index contributed by atoms with van der Waals surface area (Å²) in [5.74, 6) is -0.423. The molecular formula is C25H26N4O4. The van der Waals surface area contributed by atoms with E-state index in [4.69, 9.17) is 9.47 Å². The van der Waals surface area contributed by atoms with Gasteiger partial charge in [-0.05, 0) is 44.5 Å². The van der Waals surface area contributed by atoms with Crippen LogP contribution in [-0.2, 0) is 27.4 Å². The summed E-state index contributed by atoms with van der Waals surface area (Å²) in [5.41, 5.74) is 1.94. The van der Waals surface area contributed by atoms with Crippen LogP contribution in [0.2, 0.25) is 0 Å². The standard InChI is InChI=1S/C25H26N4O4/c1-25(2,3)33-24(31)29-15-21(27-18-29)14-28(22-11-7-10-20(12-22)13-26)16-23(30)32-17-19-8-5-4-6-9-19/h4-12,15,18H,14,16-17H2,1-3H3. The monoisotopic (exact) mass is 446 g/mol.